The van der Waals surface area contributed by atoms with Crippen LogP contribution in [-0.2, 0) is 28.6 Å². The van der Waals surface area contributed by atoms with Gasteiger partial charge in [-0.2, -0.15) is 0 Å². The molecule has 0 saturated carbocycles. The third-order valence-corrected chi connectivity index (χ3v) is 14.5. The summed E-state index contributed by atoms with van der Waals surface area (Å²) in [5.41, 5.74) is 0. The first-order valence-corrected chi connectivity index (χ1v) is 32.8. The van der Waals surface area contributed by atoms with Gasteiger partial charge in [0.1, 0.15) is 13.2 Å². The summed E-state index contributed by atoms with van der Waals surface area (Å²) in [5.74, 6) is -0.873. The van der Waals surface area contributed by atoms with E-state index >= 15 is 0 Å². The van der Waals surface area contributed by atoms with E-state index in [1.54, 1.807) is 0 Å². The van der Waals surface area contributed by atoms with E-state index in [4.69, 9.17) is 14.2 Å². The molecular weight excluding hydrogens is 925 g/mol. The first-order valence-electron chi connectivity index (χ1n) is 32.8. The van der Waals surface area contributed by atoms with Crippen LogP contribution in [0.3, 0.4) is 0 Å². The normalized spacial score (nSPS) is 12.4. The van der Waals surface area contributed by atoms with Crippen LogP contribution in [0.5, 0.6) is 0 Å². The van der Waals surface area contributed by atoms with Crippen molar-refractivity contribution in [2.75, 3.05) is 13.2 Å². The van der Waals surface area contributed by atoms with Crippen molar-refractivity contribution < 1.29 is 28.6 Å². The Morgan fingerprint density at radius 2 is 0.520 bits per heavy atom. The summed E-state index contributed by atoms with van der Waals surface area (Å²) in [7, 11) is 0. The summed E-state index contributed by atoms with van der Waals surface area (Å²) < 4.78 is 16.8. The lowest BCUT2D eigenvalue weighted by atomic mass is 10.0. The van der Waals surface area contributed by atoms with Crippen LogP contribution in [0.2, 0.25) is 0 Å². The monoisotopic (exact) mass is 1050 g/mol. The highest BCUT2D eigenvalue weighted by Gasteiger charge is 2.19. The van der Waals surface area contributed by atoms with E-state index in [0.717, 1.165) is 89.9 Å². The molecule has 0 radical (unpaired) electrons. The minimum atomic E-state index is -0.775. The molecule has 75 heavy (non-hydrogen) atoms. The Bertz CT molecular complexity index is 1340. The largest absolute Gasteiger partial charge is 0.462 e. The molecule has 0 N–H and O–H groups in total. The zero-order valence-electron chi connectivity index (χ0n) is 50.1. The molecule has 0 fully saturated rings. The van der Waals surface area contributed by atoms with Crippen LogP contribution in [0.4, 0.5) is 0 Å². The average Bonchev–Trinajstić information content (AvgIpc) is 3.41. The summed E-state index contributed by atoms with van der Waals surface area (Å²) in [6, 6.07) is 0. The molecule has 0 aliphatic rings. The second-order valence-corrected chi connectivity index (χ2v) is 22.0. The van der Waals surface area contributed by atoms with Crippen molar-refractivity contribution in [3.8, 4) is 0 Å². The number of allylic oxidation sites excluding steroid dienone is 10. The average molecular weight is 1050 g/mol. The molecule has 0 aliphatic heterocycles. The first-order chi connectivity index (χ1) is 37.0. The number of hydrogen-bond donors (Lipinski definition) is 0. The van der Waals surface area contributed by atoms with Crippen molar-refractivity contribution in [2.45, 2.75) is 348 Å². The molecule has 0 rings (SSSR count). The van der Waals surface area contributed by atoms with Crippen molar-refractivity contribution in [1.29, 1.82) is 0 Å². The number of unbranched alkanes of at least 4 members (excludes halogenated alkanes) is 39. The second-order valence-electron chi connectivity index (χ2n) is 22.0. The fourth-order valence-electron chi connectivity index (χ4n) is 9.61. The third-order valence-electron chi connectivity index (χ3n) is 14.5. The number of carbonyl (C=O) groups excluding carboxylic acids is 3. The fourth-order valence-corrected chi connectivity index (χ4v) is 9.61. The zero-order valence-corrected chi connectivity index (χ0v) is 50.1. The number of esters is 3. The van der Waals surface area contributed by atoms with Crippen molar-refractivity contribution in [3.63, 3.8) is 0 Å². The van der Waals surface area contributed by atoms with Crippen LogP contribution in [0, 0.1) is 0 Å². The maximum absolute atomic E-state index is 12.9. The summed E-state index contributed by atoms with van der Waals surface area (Å²) in [5, 5.41) is 0. The molecular formula is C69H124O6. The lowest BCUT2D eigenvalue weighted by molar-refractivity contribution is -0.167. The molecule has 0 amide bonds. The Labute approximate surface area is 466 Å². The van der Waals surface area contributed by atoms with Crippen LogP contribution >= 0.6 is 0 Å². The van der Waals surface area contributed by atoms with Gasteiger partial charge >= 0.3 is 17.9 Å². The van der Waals surface area contributed by atoms with Gasteiger partial charge in [-0.15, -0.1) is 0 Å². The highest BCUT2D eigenvalue weighted by atomic mass is 16.6. The van der Waals surface area contributed by atoms with Gasteiger partial charge in [-0.05, 0) is 83.5 Å². The smallest absolute Gasteiger partial charge is 0.306 e. The molecule has 1 atom stereocenters. The maximum Gasteiger partial charge on any atom is 0.306 e. The topological polar surface area (TPSA) is 78.9 Å². The van der Waals surface area contributed by atoms with Gasteiger partial charge in [0.05, 0.1) is 0 Å². The van der Waals surface area contributed by atoms with E-state index in [0.29, 0.717) is 19.3 Å². The molecule has 0 heterocycles. The van der Waals surface area contributed by atoms with Gasteiger partial charge in [-0.25, -0.2) is 0 Å². The second kappa shape index (κ2) is 63.6. The van der Waals surface area contributed by atoms with Crippen molar-refractivity contribution in [3.05, 3.63) is 60.8 Å². The van der Waals surface area contributed by atoms with Crippen LogP contribution in [0.25, 0.3) is 0 Å². The standard InChI is InChI=1S/C69H124O6/c1-4-7-10-13-16-18-20-22-24-26-28-30-31-32-33-34-35-36-37-39-40-42-44-46-48-50-53-56-59-62-68(71)74-65-66(64-73-67(70)61-58-55-52-15-12-9-6-3)75-69(72)63-60-57-54-51-49-47-45-43-41-38-29-27-25-23-21-19-17-14-11-8-5-2/h8,11,17,19,23,25-26,28-29,38,66H,4-7,9-10,12-16,18,20-22,24,27,30-37,39-65H2,1-3H3/b11-8-,19-17-,25-23-,28-26-,38-29-. The van der Waals surface area contributed by atoms with E-state index in [2.05, 4.69) is 81.5 Å². The van der Waals surface area contributed by atoms with Crippen molar-refractivity contribution in [1.82, 2.24) is 0 Å². The van der Waals surface area contributed by atoms with Gasteiger partial charge in [-0.3, -0.25) is 14.4 Å². The van der Waals surface area contributed by atoms with Gasteiger partial charge in [0.25, 0.3) is 0 Å². The Morgan fingerprint density at radius 1 is 0.280 bits per heavy atom. The summed E-state index contributed by atoms with van der Waals surface area (Å²) >= 11 is 0. The lowest BCUT2D eigenvalue weighted by Gasteiger charge is -2.18. The number of ether oxygens (including phenoxy) is 3. The van der Waals surface area contributed by atoms with Crippen LogP contribution in [0.15, 0.2) is 60.8 Å². The fraction of sp³-hybridized carbons (Fsp3) is 0.812. The Morgan fingerprint density at radius 3 is 0.827 bits per heavy atom. The number of hydrogen-bond acceptors (Lipinski definition) is 6. The molecule has 0 saturated heterocycles. The Balaban J connectivity index is 4.06. The van der Waals surface area contributed by atoms with E-state index in [9.17, 15) is 14.4 Å². The summed E-state index contributed by atoms with van der Waals surface area (Å²) in [4.78, 5) is 38.1. The Hall–Kier alpha value is -2.89. The molecule has 1 unspecified atom stereocenters. The quantitative estimate of drug-likeness (QED) is 0.0261. The van der Waals surface area contributed by atoms with E-state index in [-0.39, 0.29) is 31.1 Å². The maximum atomic E-state index is 12.9. The van der Waals surface area contributed by atoms with Gasteiger partial charge in [0.2, 0.25) is 0 Å². The summed E-state index contributed by atoms with van der Waals surface area (Å²) in [6.45, 7) is 6.52. The minimum Gasteiger partial charge on any atom is -0.462 e. The van der Waals surface area contributed by atoms with Gasteiger partial charge in [0, 0.05) is 19.3 Å². The SMILES string of the molecule is CC/C=C\C/C=C\C/C=C\C/C=C\CCCCCCCCCCC(=O)OC(COC(=O)CCCCCCCCC)COC(=O)CCCCCCCCCCCCCCCCCCC/C=C\CCCCCCCCCC. The van der Waals surface area contributed by atoms with Crippen LogP contribution < -0.4 is 0 Å². The van der Waals surface area contributed by atoms with Gasteiger partial charge in [0.15, 0.2) is 6.10 Å². The molecule has 436 valence electrons. The molecule has 0 spiro atoms. The third kappa shape index (κ3) is 61.8. The zero-order chi connectivity index (χ0) is 54.3. The Kier molecular flexibility index (Phi) is 61.2. The van der Waals surface area contributed by atoms with Crippen LogP contribution in [0.1, 0.15) is 342 Å². The van der Waals surface area contributed by atoms with Gasteiger partial charge in [-0.1, -0.05) is 300 Å². The highest BCUT2D eigenvalue weighted by Crippen LogP contribution is 2.17. The molecule has 0 aromatic heterocycles. The highest BCUT2D eigenvalue weighted by molar-refractivity contribution is 5.71. The lowest BCUT2D eigenvalue weighted by Crippen LogP contribution is -2.30. The van der Waals surface area contributed by atoms with E-state index < -0.39 is 6.10 Å². The molecule has 0 aliphatic carbocycles. The molecule has 6 heteroatoms. The molecule has 0 aromatic carbocycles. The van der Waals surface area contributed by atoms with Crippen molar-refractivity contribution >= 4 is 17.9 Å². The van der Waals surface area contributed by atoms with Crippen LogP contribution in [-0.4, -0.2) is 37.2 Å². The molecule has 6 nitrogen and oxygen atoms in total. The predicted molar refractivity (Wildman–Crippen MR) is 325 cm³/mol. The number of rotatable bonds is 60. The summed E-state index contributed by atoms with van der Waals surface area (Å²) in [6.07, 6.45) is 81.3. The van der Waals surface area contributed by atoms with Gasteiger partial charge < -0.3 is 14.2 Å². The molecule has 0 bridgehead atoms. The first kappa shape index (κ1) is 72.1. The van der Waals surface area contributed by atoms with E-state index in [1.807, 2.05) is 0 Å². The predicted octanol–water partition coefficient (Wildman–Crippen LogP) is 22.3. The van der Waals surface area contributed by atoms with Crippen molar-refractivity contribution in [2.24, 2.45) is 0 Å². The number of carbonyl (C=O) groups is 3. The molecule has 0 aromatic rings. The van der Waals surface area contributed by atoms with E-state index in [1.165, 1.54) is 212 Å². The minimum absolute atomic E-state index is 0.0741.